The lowest BCUT2D eigenvalue weighted by atomic mass is 10.0. The Morgan fingerprint density at radius 1 is 1.26 bits per heavy atom. The maximum Gasteiger partial charge on any atom is 0.211 e. The van der Waals surface area contributed by atoms with Gasteiger partial charge in [0, 0.05) is 12.6 Å². The molecule has 1 saturated heterocycles. The highest BCUT2D eigenvalue weighted by Gasteiger charge is 2.16. The molecule has 1 unspecified atom stereocenters. The summed E-state index contributed by atoms with van der Waals surface area (Å²) in [4.78, 5) is 2.11. The predicted molar refractivity (Wildman–Crippen MR) is 79.8 cm³/mol. The number of sulfonamides is 1. The molecule has 0 aromatic heterocycles. The molecule has 0 bridgehead atoms. The monoisotopic (exact) mass is 291 g/mol. The zero-order valence-electron chi connectivity index (χ0n) is 12.3. The summed E-state index contributed by atoms with van der Waals surface area (Å²) >= 11 is 0. The van der Waals surface area contributed by atoms with Crippen LogP contribution in [0, 0.1) is 0 Å². The second kappa shape index (κ2) is 8.89. The van der Waals surface area contributed by atoms with Crippen LogP contribution in [0.4, 0.5) is 0 Å². The van der Waals surface area contributed by atoms with Crippen LogP contribution in [0.25, 0.3) is 0 Å². The maximum atomic E-state index is 11.8. The van der Waals surface area contributed by atoms with Crippen LogP contribution in [0.5, 0.6) is 0 Å². The molecule has 0 radical (unpaired) electrons. The van der Waals surface area contributed by atoms with Gasteiger partial charge in [-0.2, -0.15) is 0 Å². The first kappa shape index (κ1) is 16.9. The Balaban J connectivity index is 2.09. The van der Waals surface area contributed by atoms with E-state index in [0.717, 1.165) is 38.8 Å². The topological polar surface area (TPSA) is 61.4 Å². The first-order valence-corrected chi connectivity index (χ1v) is 9.00. The number of piperidine rings is 1. The molecule has 0 spiro atoms. The Labute approximate surface area is 118 Å². The molecule has 19 heavy (non-hydrogen) atoms. The first-order chi connectivity index (χ1) is 8.99. The van der Waals surface area contributed by atoms with Crippen LogP contribution < -0.4 is 10.0 Å². The second-order valence-electron chi connectivity index (χ2n) is 5.66. The largest absolute Gasteiger partial charge is 0.314 e. The van der Waals surface area contributed by atoms with Crippen LogP contribution in [0.15, 0.2) is 0 Å². The number of nitrogens with one attached hydrogen (secondary N) is 2. The zero-order valence-corrected chi connectivity index (χ0v) is 13.1. The Kier molecular flexibility index (Phi) is 7.90. The van der Waals surface area contributed by atoms with E-state index in [9.17, 15) is 8.42 Å². The van der Waals surface area contributed by atoms with Crippen molar-refractivity contribution < 1.29 is 8.42 Å². The van der Waals surface area contributed by atoms with Gasteiger partial charge in [-0.1, -0.05) is 6.42 Å². The van der Waals surface area contributed by atoms with Crippen LogP contribution in [0.1, 0.15) is 38.5 Å². The smallest absolute Gasteiger partial charge is 0.211 e. The summed E-state index contributed by atoms with van der Waals surface area (Å²) in [5.41, 5.74) is 0. The number of hydrogen-bond donors (Lipinski definition) is 2. The molecular weight excluding hydrogens is 262 g/mol. The Morgan fingerprint density at radius 2 is 2.05 bits per heavy atom. The number of nitrogens with zero attached hydrogens (tertiary/aromatic N) is 1. The lowest BCUT2D eigenvalue weighted by Crippen LogP contribution is -2.37. The van der Waals surface area contributed by atoms with E-state index in [1.807, 2.05) is 14.1 Å². The van der Waals surface area contributed by atoms with Crippen molar-refractivity contribution in [3.8, 4) is 0 Å². The molecule has 0 saturated carbocycles. The van der Waals surface area contributed by atoms with E-state index in [-0.39, 0.29) is 5.75 Å². The van der Waals surface area contributed by atoms with Crippen LogP contribution in [0.2, 0.25) is 0 Å². The second-order valence-corrected chi connectivity index (χ2v) is 7.59. The van der Waals surface area contributed by atoms with Crippen LogP contribution >= 0.6 is 0 Å². The third-order valence-corrected chi connectivity index (χ3v) is 4.92. The van der Waals surface area contributed by atoms with Crippen molar-refractivity contribution in [2.45, 2.75) is 44.6 Å². The molecule has 6 heteroatoms. The van der Waals surface area contributed by atoms with Gasteiger partial charge in [-0.25, -0.2) is 13.1 Å². The summed E-state index contributed by atoms with van der Waals surface area (Å²) in [6.45, 7) is 2.60. The van der Waals surface area contributed by atoms with E-state index in [1.165, 1.54) is 12.8 Å². The molecule has 5 nitrogen and oxygen atoms in total. The molecule has 0 aromatic rings. The van der Waals surface area contributed by atoms with Crippen molar-refractivity contribution in [3.05, 3.63) is 0 Å². The third kappa shape index (κ3) is 8.57. The van der Waals surface area contributed by atoms with E-state index in [4.69, 9.17) is 0 Å². The summed E-state index contributed by atoms with van der Waals surface area (Å²) in [6, 6.07) is 0.388. The van der Waals surface area contributed by atoms with Gasteiger partial charge in [-0.3, -0.25) is 0 Å². The van der Waals surface area contributed by atoms with Gasteiger partial charge >= 0.3 is 0 Å². The molecule has 0 amide bonds. The van der Waals surface area contributed by atoms with Crippen molar-refractivity contribution in [2.24, 2.45) is 0 Å². The Morgan fingerprint density at radius 3 is 2.68 bits per heavy atom. The summed E-state index contributed by atoms with van der Waals surface area (Å²) in [7, 11) is 0.973. The SMILES string of the molecule is CN(C)CCCCNS(=O)(=O)CCC1CCCCN1. The molecule has 2 N–H and O–H groups in total. The van der Waals surface area contributed by atoms with Crippen LogP contribution in [0.3, 0.4) is 0 Å². The van der Waals surface area contributed by atoms with Gasteiger partial charge in [0.15, 0.2) is 0 Å². The number of hydrogen-bond acceptors (Lipinski definition) is 4. The highest BCUT2D eigenvalue weighted by atomic mass is 32.2. The lowest BCUT2D eigenvalue weighted by Gasteiger charge is -2.23. The minimum Gasteiger partial charge on any atom is -0.314 e. The van der Waals surface area contributed by atoms with E-state index in [1.54, 1.807) is 0 Å². The van der Waals surface area contributed by atoms with Crippen LogP contribution in [-0.2, 0) is 10.0 Å². The molecule has 1 fully saturated rings. The fourth-order valence-corrected chi connectivity index (χ4v) is 3.52. The predicted octanol–water partition coefficient (Wildman–Crippen LogP) is 0.780. The van der Waals surface area contributed by atoms with Crippen molar-refractivity contribution in [1.29, 1.82) is 0 Å². The highest BCUT2D eigenvalue weighted by molar-refractivity contribution is 7.89. The van der Waals surface area contributed by atoms with E-state index >= 15 is 0 Å². The molecule has 1 atom stereocenters. The van der Waals surface area contributed by atoms with Gasteiger partial charge < -0.3 is 10.2 Å². The maximum absolute atomic E-state index is 11.8. The summed E-state index contributed by atoms with van der Waals surface area (Å²) in [5.74, 6) is 0.248. The fourth-order valence-electron chi connectivity index (χ4n) is 2.32. The van der Waals surface area contributed by atoms with Crippen LogP contribution in [-0.4, -0.2) is 58.8 Å². The molecule has 0 aliphatic carbocycles. The normalized spacial score (nSPS) is 20.9. The molecule has 114 valence electrons. The minimum absolute atomic E-state index is 0.248. The average molecular weight is 291 g/mol. The molecule has 1 aliphatic rings. The van der Waals surface area contributed by atoms with E-state index in [0.29, 0.717) is 12.6 Å². The van der Waals surface area contributed by atoms with E-state index < -0.39 is 10.0 Å². The zero-order chi connectivity index (χ0) is 14.1. The van der Waals surface area contributed by atoms with Gasteiger partial charge in [0.25, 0.3) is 0 Å². The van der Waals surface area contributed by atoms with Gasteiger partial charge in [0.2, 0.25) is 10.0 Å². The lowest BCUT2D eigenvalue weighted by molar-refractivity contribution is 0.391. The highest BCUT2D eigenvalue weighted by Crippen LogP contribution is 2.10. The van der Waals surface area contributed by atoms with Gasteiger partial charge in [0.1, 0.15) is 0 Å². The van der Waals surface area contributed by atoms with Crippen molar-refractivity contribution in [1.82, 2.24) is 14.9 Å². The third-order valence-electron chi connectivity index (χ3n) is 3.50. The minimum atomic E-state index is -3.09. The molecule has 1 heterocycles. The average Bonchev–Trinajstić information content (AvgIpc) is 2.37. The fraction of sp³-hybridized carbons (Fsp3) is 1.00. The van der Waals surface area contributed by atoms with E-state index in [2.05, 4.69) is 14.9 Å². The van der Waals surface area contributed by atoms with Crippen molar-refractivity contribution in [3.63, 3.8) is 0 Å². The van der Waals surface area contributed by atoms with Gasteiger partial charge in [-0.15, -0.1) is 0 Å². The summed E-state index contributed by atoms with van der Waals surface area (Å²) in [5, 5.41) is 3.38. The molecule has 1 aliphatic heterocycles. The van der Waals surface area contributed by atoms with Crippen molar-refractivity contribution in [2.75, 3.05) is 39.5 Å². The Bertz CT molecular complexity index is 325. The molecule has 0 aromatic carbocycles. The standard InChI is InChI=1S/C13H29N3O2S/c1-16(2)11-6-5-10-15-19(17,18)12-8-13-7-3-4-9-14-13/h13-15H,3-12H2,1-2H3. The van der Waals surface area contributed by atoms with Gasteiger partial charge in [0.05, 0.1) is 5.75 Å². The Hall–Kier alpha value is -0.170. The number of unbranched alkanes of at least 4 members (excludes halogenated alkanes) is 1. The first-order valence-electron chi connectivity index (χ1n) is 7.35. The molecule has 1 rings (SSSR count). The quantitative estimate of drug-likeness (QED) is 0.616. The van der Waals surface area contributed by atoms with Gasteiger partial charge in [-0.05, 0) is 59.3 Å². The molecular formula is C13H29N3O2S. The van der Waals surface area contributed by atoms with Crippen molar-refractivity contribution >= 4 is 10.0 Å². The number of rotatable bonds is 9. The summed E-state index contributed by atoms with van der Waals surface area (Å²) < 4.78 is 26.3. The summed E-state index contributed by atoms with van der Waals surface area (Å²) in [6.07, 6.45) is 6.20.